The van der Waals surface area contributed by atoms with Crippen molar-refractivity contribution in [3.8, 4) is 6.07 Å². The molecule has 1 fully saturated rings. The van der Waals surface area contributed by atoms with Gasteiger partial charge in [0.2, 0.25) is 10.9 Å². The minimum atomic E-state index is -3.93. The molecule has 0 aliphatic carbocycles. The molecular weight excluding hydrogens is 388 g/mol. The Morgan fingerprint density at radius 1 is 1.32 bits per heavy atom. The number of hydrogen-bond acceptors (Lipinski definition) is 8. The van der Waals surface area contributed by atoms with Crippen molar-refractivity contribution in [1.29, 1.82) is 5.26 Å². The number of piperidine rings is 1. The number of carbonyl (C=O) groups is 2. The second kappa shape index (κ2) is 9.21. The van der Waals surface area contributed by atoms with Crippen LogP contribution in [-0.2, 0) is 24.3 Å². The maximum atomic E-state index is 12.7. The number of sulfonamides is 1. The van der Waals surface area contributed by atoms with Crippen LogP contribution in [0.15, 0.2) is 21.6 Å². The highest BCUT2D eigenvalue weighted by Crippen LogP contribution is 2.26. The number of carbonyl (C=O) groups excluding carboxylic acids is 2. The summed E-state index contributed by atoms with van der Waals surface area (Å²) in [6.07, 6.45) is -0.266. The predicted octanol–water partition coefficient (Wildman–Crippen LogP) is 1.95. The van der Waals surface area contributed by atoms with Gasteiger partial charge in [0.25, 0.3) is 10.0 Å². The smallest absolute Gasteiger partial charge is 0.374 e. The molecule has 1 aromatic rings. The summed E-state index contributed by atoms with van der Waals surface area (Å²) in [5, 5.41) is 8.69. The number of hydrogen-bond donors (Lipinski definition) is 0. The Bertz CT molecular complexity index is 846. The Balaban J connectivity index is 1.99. The molecule has 1 aliphatic rings. The molecule has 28 heavy (non-hydrogen) atoms. The van der Waals surface area contributed by atoms with E-state index in [0.717, 1.165) is 0 Å². The molecule has 1 atom stereocenters. The van der Waals surface area contributed by atoms with Gasteiger partial charge in [-0.05, 0) is 31.9 Å². The van der Waals surface area contributed by atoms with E-state index < -0.39 is 34.0 Å². The topological polar surface area (TPSA) is 127 Å². The maximum absolute atomic E-state index is 12.7. The van der Waals surface area contributed by atoms with Crippen molar-refractivity contribution in [2.24, 2.45) is 11.8 Å². The third-order valence-corrected chi connectivity index (χ3v) is 6.19. The lowest BCUT2D eigenvalue weighted by Crippen LogP contribution is -2.41. The van der Waals surface area contributed by atoms with E-state index in [1.165, 1.54) is 16.4 Å². The largest absolute Gasteiger partial charge is 0.460 e. The van der Waals surface area contributed by atoms with Gasteiger partial charge in [0.15, 0.2) is 6.10 Å². The third kappa shape index (κ3) is 4.91. The highest BCUT2D eigenvalue weighted by Gasteiger charge is 2.35. The molecule has 10 heteroatoms. The van der Waals surface area contributed by atoms with Crippen molar-refractivity contribution in [2.75, 3.05) is 19.7 Å². The molecule has 154 valence electrons. The summed E-state index contributed by atoms with van der Waals surface area (Å²) in [4.78, 5) is 23.9. The van der Waals surface area contributed by atoms with Gasteiger partial charge < -0.3 is 13.9 Å². The molecule has 1 aromatic heterocycles. The number of nitrogens with zero attached hydrogens (tertiary/aromatic N) is 2. The molecule has 0 N–H and O–H groups in total. The van der Waals surface area contributed by atoms with E-state index in [1.807, 2.05) is 6.07 Å². The first-order valence-electron chi connectivity index (χ1n) is 9.07. The van der Waals surface area contributed by atoms with E-state index in [4.69, 9.17) is 19.2 Å². The fraction of sp³-hybridized carbons (Fsp3) is 0.611. The molecule has 2 heterocycles. The normalized spacial score (nSPS) is 17.1. The number of nitriles is 1. The number of esters is 2. The zero-order chi connectivity index (χ0) is 20.9. The van der Waals surface area contributed by atoms with Gasteiger partial charge in [0.05, 0.1) is 12.5 Å². The number of ether oxygens (including phenoxy) is 2. The quantitative estimate of drug-likeness (QED) is 0.622. The van der Waals surface area contributed by atoms with Gasteiger partial charge in [0, 0.05) is 19.0 Å². The lowest BCUT2D eigenvalue weighted by atomic mass is 9.98. The average Bonchev–Trinajstić information content (AvgIpc) is 3.17. The van der Waals surface area contributed by atoms with Crippen LogP contribution in [0.2, 0.25) is 0 Å². The first-order valence-corrected chi connectivity index (χ1v) is 10.5. The summed E-state index contributed by atoms with van der Waals surface area (Å²) in [5.74, 6) is -1.99. The fourth-order valence-corrected chi connectivity index (χ4v) is 4.14. The van der Waals surface area contributed by atoms with Crippen molar-refractivity contribution in [2.45, 2.75) is 44.8 Å². The predicted molar refractivity (Wildman–Crippen MR) is 96.5 cm³/mol. The van der Waals surface area contributed by atoms with Crippen LogP contribution < -0.4 is 0 Å². The first-order chi connectivity index (χ1) is 13.2. The SMILES string of the molecule is CCOC(=O)c1ccc(S(=O)(=O)N2CCC(C(=O)O[C@@H](C#N)C(C)C)CC2)o1. The van der Waals surface area contributed by atoms with E-state index in [9.17, 15) is 18.0 Å². The highest BCUT2D eigenvalue weighted by molar-refractivity contribution is 7.89. The minimum Gasteiger partial charge on any atom is -0.460 e. The molecule has 0 amide bonds. The second-order valence-electron chi connectivity index (χ2n) is 6.75. The summed E-state index contributed by atoms with van der Waals surface area (Å²) in [5.41, 5.74) is 0. The Morgan fingerprint density at radius 3 is 2.50 bits per heavy atom. The van der Waals surface area contributed by atoms with E-state index in [1.54, 1.807) is 20.8 Å². The van der Waals surface area contributed by atoms with Crippen molar-refractivity contribution in [3.63, 3.8) is 0 Å². The van der Waals surface area contributed by atoms with Crippen LogP contribution in [0, 0.1) is 23.2 Å². The molecule has 9 nitrogen and oxygen atoms in total. The summed E-state index contributed by atoms with van der Waals surface area (Å²) in [6.45, 7) is 5.56. The van der Waals surface area contributed by atoms with Crippen LogP contribution in [0.1, 0.15) is 44.2 Å². The van der Waals surface area contributed by atoms with E-state index in [-0.39, 0.29) is 49.3 Å². The molecular formula is C18H24N2O7S. The fourth-order valence-electron chi connectivity index (χ4n) is 2.76. The highest BCUT2D eigenvalue weighted by atomic mass is 32.2. The summed E-state index contributed by atoms with van der Waals surface area (Å²) in [6, 6.07) is 4.41. The molecule has 0 spiro atoms. The molecule has 0 aromatic carbocycles. The zero-order valence-corrected chi connectivity index (χ0v) is 16.9. The van der Waals surface area contributed by atoms with Crippen LogP contribution in [0.4, 0.5) is 0 Å². The lowest BCUT2D eigenvalue weighted by Gasteiger charge is -2.30. The summed E-state index contributed by atoms with van der Waals surface area (Å²) in [7, 11) is -3.93. The first kappa shape index (κ1) is 21.9. The van der Waals surface area contributed by atoms with Crippen LogP contribution in [0.5, 0.6) is 0 Å². The number of rotatable bonds is 7. The number of furan rings is 1. The van der Waals surface area contributed by atoms with Crippen molar-refractivity contribution in [3.05, 3.63) is 17.9 Å². The second-order valence-corrected chi connectivity index (χ2v) is 8.62. The molecule has 0 unspecified atom stereocenters. The van der Waals surface area contributed by atoms with Crippen LogP contribution in [-0.4, -0.2) is 50.5 Å². The Morgan fingerprint density at radius 2 is 1.96 bits per heavy atom. The lowest BCUT2D eigenvalue weighted by molar-refractivity contribution is -0.154. The van der Waals surface area contributed by atoms with Gasteiger partial charge >= 0.3 is 11.9 Å². The molecule has 0 bridgehead atoms. The van der Waals surface area contributed by atoms with Crippen LogP contribution in [0.25, 0.3) is 0 Å². The Labute approximate surface area is 164 Å². The van der Waals surface area contributed by atoms with Gasteiger partial charge in [-0.1, -0.05) is 13.8 Å². The average molecular weight is 412 g/mol. The minimum absolute atomic E-state index is 0.108. The molecule has 0 radical (unpaired) electrons. The third-order valence-electron chi connectivity index (χ3n) is 4.42. The van der Waals surface area contributed by atoms with Crippen LogP contribution in [0.3, 0.4) is 0 Å². The van der Waals surface area contributed by atoms with Crippen molar-refractivity contribution >= 4 is 22.0 Å². The molecule has 1 saturated heterocycles. The van der Waals surface area contributed by atoms with Crippen LogP contribution >= 0.6 is 0 Å². The van der Waals surface area contributed by atoms with E-state index in [0.29, 0.717) is 0 Å². The maximum Gasteiger partial charge on any atom is 0.374 e. The van der Waals surface area contributed by atoms with E-state index >= 15 is 0 Å². The van der Waals surface area contributed by atoms with Crippen molar-refractivity contribution < 1.29 is 31.9 Å². The van der Waals surface area contributed by atoms with E-state index in [2.05, 4.69) is 0 Å². The van der Waals surface area contributed by atoms with Gasteiger partial charge in [-0.25, -0.2) is 13.2 Å². The standard InChI is InChI=1S/C18H24N2O7S/c1-4-25-18(22)14-5-6-16(26-14)28(23,24)20-9-7-13(8-10-20)17(21)27-15(11-19)12(2)3/h5-6,12-13,15H,4,7-10H2,1-3H3/t15-/m0/s1. The van der Waals surface area contributed by atoms with Gasteiger partial charge in [-0.2, -0.15) is 9.57 Å². The van der Waals surface area contributed by atoms with Gasteiger partial charge in [-0.15, -0.1) is 0 Å². The molecule has 0 saturated carbocycles. The van der Waals surface area contributed by atoms with Gasteiger partial charge in [-0.3, -0.25) is 4.79 Å². The summed E-state index contributed by atoms with van der Waals surface area (Å²) >= 11 is 0. The Kier molecular flexibility index (Phi) is 7.21. The zero-order valence-electron chi connectivity index (χ0n) is 16.1. The summed E-state index contributed by atoms with van der Waals surface area (Å²) < 4.78 is 41.7. The molecule has 2 rings (SSSR count). The molecule has 1 aliphatic heterocycles. The van der Waals surface area contributed by atoms with Crippen molar-refractivity contribution in [1.82, 2.24) is 4.31 Å². The monoisotopic (exact) mass is 412 g/mol. The van der Waals surface area contributed by atoms with Gasteiger partial charge in [0.1, 0.15) is 6.07 Å². The Hall–Kier alpha value is -2.38.